The SMILES string of the molecule is O=S(=O)(c1ccc(CCCl)cc1)N1CCCCO1. The Hall–Kier alpha value is -0.620. The Labute approximate surface area is 113 Å². The van der Waals surface area contributed by atoms with Gasteiger partial charge in [-0.05, 0) is 37.0 Å². The van der Waals surface area contributed by atoms with Crippen molar-refractivity contribution in [3.05, 3.63) is 29.8 Å². The van der Waals surface area contributed by atoms with Crippen LogP contribution in [0.5, 0.6) is 0 Å². The Balaban J connectivity index is 2.18. The van der Waals surface area contributed by atoms with Crippen molar-refractivity contribution >= 4 is 21.6 Å². The van der Waals surface area contributed by atoms with E-state index in [-0.39, 0.29) is 4.90 Å². The molecule has 1 heterocycles. The van der Waals surface area contributed by atoms with Crippen molar-refractivity contribution in [2.45, 2.75) is 24.2 Å². The van der Waals surface area contributed by atoms with E-state index in [1.807, 2.05) is 0 Å². The van der Waals surface area contributed by atoms with Crippen LogP contribution in [0.4, 0.5) is 0 Å². The fourth-order valence-electron chi connectivity index (χ4n) is 1.82. The van der Waals surface area contributed by atoms with Crippen molar-refractivity contribution in [1.29, 1.82) is 0 Å². The van der Waals surface area contributed by atoms with E-state index in [2.05, 4.69) is 0 Å². The average molecular weight is 290 g/mol. The van der Waals surface area contributed by atoms with Gasteiger partial charge in [-0.25, -0.2) is 8.42 Å². The molecular weight excluding hydrogens is 274 g/mol. The summed E-state index contributed by atoms with van der Waals surface area (Å²) in [6.45, 7) is 0.884. The second kappa shape index (κ2) is 6.02. The van der Waals surface area contributed by atoms with Crippen molar-refractivity contribution in [3.8, 4) is 0 Å². The van der Waals surface area contributed by atoms with Crippen molar-refractivity contribution in [3.63, 3.8) is 0 Å². The number of hydrogen-bond acceptors (Lipinski definition) is 3. The van der Waals surface area contributed by atoms with E-state index in [1.54, 1.807) is 24.3 Å². The normalized spacial score (nSPS) is 17.8. The van der Waals surface area contributed by atoms with Crippen LogP contribution in [0.3, 0.4) is 0 Å². The maximum absolute atomic E-state index is 12.2. The highest BCUT2D eigenvalue weighted by molar-refractivity contribution is 7.89. The van der Waals surface area contributed by atoms with Gasteiger partial charge in [0.15, 0.2) is 0 Å². The maximum Gasteiger partial charge on any atom is 0.265 e. The molecule has 0 saturated carbocycles. The zero-order valence-corrected chi connectivity index (χ0v) is 11.6. The van der Waals surface area contributed by atoms with Gasteiger partial charge in [0.1, 0.15) is 0 Å². The standard InChI is InChI=1S/C12H16ClNO3S/c13-8-7-11-3-5-12(6-4-11)18(15,16)14-9-1-2-10-17-14/h3-6H,1-2,7-10H2. The van der Waals surface area contributed by atoms with Crippen LogP contribution in [0.15, 0.2) is 29.2 Å². The molecule has 0 bridgehead atoms. The quantitative estimate of drug-likeness (QED) is 0.798. The number of nitrogens with zero attached hydrogens (tertiary/aromatic N) is 1. The van der Waals surface area contributed by atoms with Gasteiger partial charge in [0.25, 0.3) is 10.0 Å². The number of hydrogen-bond donors (Lipinski definition) is 0. The molecule has 0 N–H and O–H groups in total. The minimum atomic E-state index is -3.52. The lowest BCUT2D eigenvalue weighted by molar-refractivity contribution is -0.108. The fraction of sp³-hybridized carbons (Fsp3) is 0.500. The number of aryl methyl sites for hydroxylation is 1. The molecule has 0 spiro atoms. The summed E-state index contributed by atoms with van der Waals surface area (Å²) in [6, 6.07) is 6.79. The predicted molar refractivity (Wildman–Crippen MR) is 69.9 cm³/mol. The summed E-state index contributed by atoms with van der Waals surface area (Å²) in [6.07, 6.45) is 2.48. The predicted octanol–water partition coefficient (Wildman–Crippen LogP) is 2.18. The average Bonchev–Trinajstić information content (AvgIpc) is 2.41. The van der Waals surface area contributed by atoms with Crippen LogP contribution < -0.4 is 0 Å². The van der Waals surface area contributed by atoms with E-state index in [1.165, 1.54) is 0 Å². The minimum Gasteiger partial charge on any atom is -0.284 e. The monoisotopic (exact) mass is 289 g/mol. The van der Waals surface area contributed by atoms with Gasteiger partial charge < -0.3 is 0 Å². The highest BCUT2D eigenvalue weighted by Gasteiger charge is 2.27. The molecule has 0 unspecified atom stereocenters. The fourth-order valence-corrected chi connectivity index (χ4v) is 3.33. The molecular formula is C12H16ClNO3S. The van der Waals surface area contributed by atoms with Crippen LogP contribution in [0.1, 0.15) is 18.4 Å². The van der Waals surface area contributed by atoms with Gasteiger partial charge in [-0.2, -0.15) is 0 Å². The number of hydroxylamine groups is 1. The molecule has 1 aromatic carbocycles. The molecule has 2 rings (SSSR count). The van der Waals surface area contributed by atoms with Crippen LogP contribution in [-0.4, -0.2) is 31.9 Å². The zero-order valence-electron chi connectivity index (χ0n) is 10.0. The number of halogens is 1. The molecule has 1 aliphatic rings. The molecule has 0 atom stereocenters. The first-order chi connectivity index (χ1) is 8.64. The summed E-state index contributed by atoms with van der Waals surface area (Å²) in [5.41, 5.74) is 1.03. The topological polar surface area (TPSA) is 46.6 Å². The largest absolute Gasteiger partial charge is 0.284 e. The van der Waals surface area contributed by atoms with Gasteiger partial charge in [-0.1, -0.05) is 16.6 Å². The molecule has 0 amide bonds. The molecule has 18 heavy (non-hydrogen) atoms. The maximum atomic E-state index is 12.2. The number of alkyl halides is 1. The first-order valence-electron chi connectivity index (χ1n) is 5.95. The van der Waals surface area contributed by atoms with Crippen molar-refractivity contribution in [1.82, 2.24) is 4.47 Å². The summed E-state index contributed by atoms with van der Waals surface area (Å²) in [4.78, 5) is 5.47. The highest BCUT2D eigenvalue weighted by atomic mass is 35.5. The van der Waals surface area contributed by atoms with Crippen LogP contribution in [-0.2, 0) is 21.3 Å². The van der Waals surface area contributed by atoms with E-state index >= 15 is 0 Å². The van der Waals surface area contributed by atoms with Gasteiger partial charge in [-0.3, -0.25) is 4.84 Å². The molecule has 1 aliphatic heterocycles. The lowest BCUT2D eigenvalue weighted by Crippen LogP contribution is -2.35. The Morgan fingerprint density at radius 2 is 1.94 bits per heavy atom. The number of rotatable bonds is 4. The van der Waals surface area contributed by atoms with Crippen LogP contribution in [0.2, 0.25) is 0 Å². The van der Waals surface area contributed by atoms with Gasteiger partial charge in [0, 0.05) is 12.4 Å². The number of benzene rings is 1. The third kappa shape index (κ3) is 3.03. The van der Waals surface area contributed by atoms with Crippen molar-refractivity contribution in [2.75, 3.05) is 19.0 Å². The Kier molecular flexibility index (Phi) is 4.61. The summed E-state index contributed by atoms with van der Waals surface area (Å²) in [5, 5.41) is 0. The van der Waals surface area contributed by atoms with E-state index < -0.39 is 10.0 Å². The summed E-state index contributed by atoms with van der Waals surface area (Å²) >= 11 is 5.64. The molecule has 0 aromatic heterocycles. The Morgan fingerprint density at radius 3 is 2.50 bits per heavy atom. The summed E-state index contributed by atoms with van der Waals surface area (Å²) in [5.74, 6) is 0.529. The Bertz CT molecular complexity index is 481. The first-order valence-corrected chi connectivity index (χ1v) is 7.92. The molecule has 1 saturated heterocycles. The van der Waals surface area contributed by atoms with Crippen LogP contribution in [0, 0.1) is 0 Å². The van der Waals surface area contributed by atoms with Gasteiger partial charge >= 0.3 is 0 Å². The van der Waals surface area contributed by atoms with Crippen LogP contribution in [0.25, 0.3) is 0 Å². The zero-order chi connectivity index (χ0) is 13.0. The third-order valence-electron chi connectivity index (χ3n) is 2.84. The molecule has 1 aromatic rings. The van der Waals surface area contributed by atoms with Gasteiger partial charge in [0.05, 0.1) is 11.5 Å². The smallest absolute Gasteiger partial charge is 0.265 e. The lowest BCUT2D eigenvalue weighted by Gasteiger charge is -2.25. The van der Waals surface area contributed by atoms with Crippen molar-refractivity contribution in [2.24, 2.45) is 0 Å². The molecule has 100 valence electrons. The lowest BCUT2D eigenvalue weighted by atomic mass is 10.2. The van der Waals surface area contributed by atoms with Crippen molar-refractivity contribution < 1.29 is 13.3 Å². The molecule has 0 radical (unpaired) electrons. The van der Waals surface area contributed by atoms with E-state index in [0.29, 0.717) is 19.0 Å². The molecule has 0 aliphatic carbocycles. The first kappa shape index (κ1) is 13.8. The Morgan fingerprint density at radius 1 is 1.22 bits per heavy atom. The number of sulfonamides is 1. The molecule has 1 fully saturated rings. The molecule has 4 nitrogen and oxygen atoms in total. The highest BCUT2D eigenvalue weighted by Crippen LogP contribution is 2.20. The third-order valence-corrected chi connectivity index (χ3v) is 4.72. The second-order valence-corrected chi connectivity index (χ2v) is 6.36. The second-order valence-electron chi connectivity index (χ2n) is 4.15. The molecule has 6 heteroatoms. The summed E-state index contributed by atoms with van der Waals surface area (Å²) < 4.78 is 25.6. The van der Waals surface area contributed by atoms with E-state index in [4.69, 9.17) is 16.4 Å². The van der Waals surface area contributed by atoms with E-state index in [0.717, 1.165) is 29.3 Å². The van der Waals surface area contributed by atoms with Crippen LogP contribution >= 0.6 is 11.6 Å². The van der Waals surface area contributed by atoms with Gasteiger partial charge in [-0.15, -0.1) is 11.6 Å². The van der Waals surface area contributed by atoms with Gasteiger partial charge in [0.2, 0.25) is 0 Å². The minimum absolute atomic E-state index is 0.266. The summed E-state index contributed by atoms with van der Waals surface area (Å²) in [7, 11) is -3.52. The van der Waals surface area contributed by atoms with E-state index in [9.17, 15) is 8.42 Å².